The van der Waals surface area contributed by atoms with Crippen molar-refractivity contribution in [3.8, 4) is 17.2 Å². The molecule has 1 aromatic heterocycles. The molecule has 1 aliphatic rings. The zero-order valence-corrected chi connectivity index (χ0v) is 17.5. The SMILES string of the molecule is CCc1noc(-c2ccc(OC)c(NCC(=O)N3CCc4ccc(C(F)(F)F)cc43)c2)n1. The second-order valence-corrected chi connectivity index (χ2v) is 7.27. The third kappa shape index (κ3) is 4.25. The van der Waals surface area contributed by atoms with Gasteiger partial charge in [0.2, 0.25) is 5.91 Å². The number of nitrogens with zero attached hydrogens (tertiary/aromatic N) is 3. The minimum Gasteiger partial charge on any atom is -0.495 e. The summed E-state index contributed by atoms with van der Waals surface area (Å²) in [5, 5.41) is 6.90. The van der Waals surface area contributed by atoms with Crippen LogP contribution in [-0.2, 0) is 23.8 Å². The Morgan fingerprint density at radius 3 is 2.75 bits per heavy atom. The standard InChI is InChI=1S/C22H21F3N4O3/c1-3-19-27-21(32-28-19)14-5-7-18(31-2)16(10-14)26-12-20(30)29-9-8-13-4-6-15(11-17(13)29)22(23,24)25/h4-7,10-11,26H,3,8-9,12H2,1-2H3. The molecule has 0 fully saturated rings. The molecule has 4 rings (SSSR count). The molecule has 0 bridgehead atoms. The van der Waals surface area contributed by atoms with Gasteiger partial charge in [-0.1, -0.05) is 18.1 Å². The fourth-order valence-electron chi connectivity index (χ4n) is 3.57. The van der Waals surface area contributed by atoms with E-state index in [9.17, 15) is 18.0 Å². The van der Waals surface area contributed by atoms with Gasteiger partial charge in [0.15, 0.2) is 5.82 Å². The van der Waals surface area contributed by atoms with Crippen molar-refractivity contribution in [1.29, 1.82) is 0 Å². The van der Waals surface area contributed by atoms with E-state index in [0.29, 0.717) is 59.4 Å². The van der Waals surface area contributed by atoms with E-state index in [4.69, 9.17) is 9.26 Å². The zero-order valence-electron chi connectivity index (χ0n) is 17.5. The highest BCUT2D eigenvalue weighted by Gasteiger charge is 2.33. The van der Waals surface area contributed by atoms with Crippen LogP contribution in [0.15, 0.2) is 40.9 Å². The molecule has 32 heavy (non-hydrogen) atoms. The van der Waals surface area contributed by atoms with Crippen LogP contribution in [0.2, 0.25) is 0 Å². The predicted molar refractivity (Wildman–Crippen MR) is 112 cm³/mol. The molecule has 1 N–H and O–H groups in total. The van der Waals surface area contributed by atoms with Crippen LogP contribution in [-0.4, -0.2) is 36.2 Å². The second-order valence-electron chi connectivity index (χ2n) is 7.27. The number of nitrogens with one attached hydrogen (secondary N) is 1. The lowest BCUT2D eigenvalue weighted by Gasteiger charge is -2.20. The van der Waals surface area contributed by atoms with Crippen molar-refractivity contribution >= 4 is 17.3 Å². The van der Waals surface area contributed by atoms with Crippen LogP contribution in [0.5, 0.6) is 5.75 Å². The number of benzene rings is 2. The van der Waals surface area contributed by atoms with Gasteiger partial charge in [0.05, 0.1) is 24.9 Å². The van der Waals surface area contributed by atoms with Crippen LogP contribution in [0.4, 0.5) is 24.5 Å². The lowest BCUT2D eigenvalue weighted by molar-refractivity contribution is -0.137. The molecule has 0 atom stereocenters. The number of methoxy groups -OCH3 is 1. The van der Waals surface area contributed by atoms with Crippen molar-refractivity contribution in [1.82, 2.24) is 10.1 Å². The van der Waals surface area contributed by atoms with E-state index in [0.717, 1.165) is 12.1 Å². The number of rotatable bonds is 6. The molecular weight excluding hydrogens is 425 g/mol. The quantitative estimate of drug-likeness (QED) is 0.607. The van der Waals surface area contributed by atoms with E-state index in [1.54, 1.807) is 18.2 Å². The molecule has 1 aliphatic heterocycles. The first kappa shape index (κ1) is 21.7. The molecule has 2 aromatic carbocycles. The summed E-state index contributed by atoms with van der Waals surface area (Å²) in [5.74, 6) is 1.07. The Hall–Kier alpha value is -3.56. The van der Waals surface area contributed by atoms with E-state index < -0.39 is 11.7 Å². The number of hydrogen-bond acceptors (Lipinski definition) is 6. The molecule has 0 saturated carbocycles. The molecule has 10 heteroatoms. The number of alkyl halides is 3. The summed E-state index contributed by atoms with van der Waals surface area (Å²) in [6, 6.07) is 8.69. The molecule has 0 unspecified atom stereocenters. The van der Waals surface area contributed by atoms with Gasteiger partial charge >= 0.3 is 6.18 Å². The minimum atomic E-state index is -4.47. The summed E-state index contributed by atoms with van der Waals surface area (Å²) in [7, 11) is 1.50. The van der Waals surface area contributed by atoms with Gasteiger partial charge < -0.3 is 19.5 Å². The number of amides is 1. The van der Waals surface area contributed by atoms with Crippen LogP contribution in [0.25, 0.3) is 11.5 Å². The Labute approximate surface area is 182 Å². The van der Waals surface area contributed by atoms with Gasteiger partial charge in [0.25, 0.3) is 5.89 Å². The van der Waals surface area contributed by atoms with Gasteiger partial charge in [0, 0.05) is 24.2 Å². The van der Waals surface area contributed by atoms with Crippen molar-refractivity contribution in [3.63, 3.8) is 0 Å². The predicted octanol–water partition coefficient (Wildman–Crippen LogP) is 4.33. The first-order valence-corrected chi connectivity index (χ1v) is 10.1. The van der Waals surface area contributed by atoms with E-state index >= 15 is 0 Å². The lowest BCUT2D eigenvalue weighted by atomic mass is 10.1. The first-order valence-electron chi connectivity index (χ1n) is 10.1. The summed E-state index contributed by atoms with van der Waals surface area (Å²) >= 11 is 0. The summed E-state index contributed by atoms with van der Waals surface area (Å²) in [4.78, 5) is 18.5. The Kier molecular flexibility index (Phi) is 5.77. The van der Waals surface area contributed by atoms with Crippen molar-refractivity contribution in [2.45, 2.75) is 25.9 Å². The molecule has 1 amide bonds. The van der Waals surface area contributed by atoms with Gasteiger partial charge in [-0.2, -0.15) is 18.2 Å². The van der Waals surface area contributed by atoms with Gasteiger partial charge in [-0.3, -0.25) is 4.79 Å². The average molecular weight is 446 g/mol. The molecular formula is C22H21F3N4O3. The average Bonchev–Trinajstić information content (AvgIpc) is 3.43. The van der Waals surface area contributed by atoms with Gasteiger partial charge in [-0.05, 0) is 42.3 Å². The normalized spacial score (nSPS) is 13.2. The highest BCUT2D eigenvalue weighted by molar-refractivity contribution is 5.98. The number of aryl methyl sites for hydroxylation is 1. The summed E-state index contributed by atoms with van der Waals surface area (Å²) < 4.78 is 49.9. The van der Waals surface area contributed by atoms with Crippen molar-refractivity contribution in [2.24, 2.45) is 0 Å². The Bertz CT molecular complexity index is 1140. The number of ether oxygens (including phenoxy) is 1. The van der Waals surface area contributed by atoms with Gasteiger partial charge in [-0.25, -0.2) is 0 Å². The Morgan fingerprint density at radius 2 is 2.06 bits per heavy atom. The highest BCUT2D eigenvalue weighted by Crippen LogP contribution is 2.36. The van der Waals surface area contributed by atoms with E-state index in [-0.39, 0.29) is 12.5 Å². The van der Waals surface area contributed by atoms with E-state index in [1.165, 1.54) is 18.1 Å². The van der Waals surface area contributed by atoms with Crippen LogP contribution >= 0.6 is 0 Å². The maximum absolute atomic E-state index is 13.1. The van der Waals surface area contributed by atoms with Gasteiger partial charge in [0.1, 0.15) is 5.75 Å². The summed E-state index contributed by atoms with van der Waals surface area (Å²) in [5.41, 5.74) is 1.41. The van der Waals surface area contributed by atoms with E-state index in [1.807, 2.05) is 6.92 Å². The van der Waals surface area contributed by atoms with Crippen LogP contribution in [0, 0.1) is 0 Å². The number of anilines is 2. The fraction of sp³-hybridized carbons (Fsp3) is 0.318. The number of halogens is 3. The molecule has 0 saturated heterocycles. The monoisotopic (exact) mass is 446 g/mol. The van der Waals surface area contributed by atoms with Crippen LogP contribution < -0.4 is 15.0 Å². The fourth-order valence-corrected chi connectivity index (χ4v) is 3.57. The number of hydrogen-bond donors (Lipinski definition) is 1. The Morgan fingerprint density at radius 1 is 1.25 bits per heavy atom. The molecule has 7 nitrogen and oxygen atoms in total. The molecule has 0 spiro atoms. The Balaban J connectivity index is 1.52. The number of carbonyl (C=O) groups is 1. The largest absolute Gasteiger partial charge is 0.495 e. The number of fused-ring (bicyclic) bond motifs is 1. The van der Waals surface area contributed by atoms with Crippen molar-refractivity contribution in [3.05, 3.63) is 53.3 Å². The zero-order chi connectivity index (χ0) is 22.9. The third-order valence-corrected chi connectivity index (χ3v) is 5.27. The van der Waals surface area contributed by atoms with Gasteiger partial charge in [-0.15, -0.1) is 0 Å². The number of carbonyl (C=O) groups excluding carboxylic acids is 1. The number of aromatic nitrogens is 2. The molecule has 0 radical (unpaired) electrons. The summed E-state index contributed by atoms with van der Waals surface area (Å²) in [6.07, 6.45) is -3.33. The van der Waals surface area contributed by atoms with E-state index in [2.05, 4.69) is 15.5 Å². The molecule has 2 heterocycles. The lowest BCUT2D eigenvalue weighted by Crippen LogP contribution is -2.34. The highest BCUT2D eigenvalue weighted by atomic mass is 19.4. The maximum Gasteiger partial charge on any atom is 0.416 e. The second kappa shape index (κ2) is 8.52. The van der Waals surface area contributed by atoms with Crippen molar-refractivity contribution in [2.75, 3.05) is 30.4 Å². The smallest absolute Gasteiger partial charge is 0.416 e. The summed E-state index contributed by atoms with van der Waals surface area (Å²) in [6.45, 7) is 2.12. The topological polar surface area (TPSA) is 80.5 Å². The maximum atomic E-state index is 13.1. The van der Waals surface area contributed by atoms with Crippen LogP contribution in [0.1, 0.15) is 23.9 Å². The van der Waals surface area contributed by atoms with Crippen LogP contribution in [0.3, 0.4) is 0 Å². The first-order chi connectivity index (χ1) is 15.3. The molecule has 168 valence electrons. The van der Waals surface area contributed by atoms with Crippen molar-refractivity contribution < 1.29 is 27.2 Å². The minimum absolute atomic E-state index is 0.125. The molecule has 0 aliphatic carbocycles. The third-order valence-electron chi connectivity index (χ3n) is 5.27. The molecule has 3 aromatic rings.